The smallest absolute Gasteiger partial charge is 0.488 e. The van der Waals surface area contributed by atoms with Crippen LogP contribution in [-0.2, 0) is 14.2 Å². The Labute approximate surface area is 266 Å². The monoisotopic (exact) mass is 699 g/mol. The number of ether oxygens (including phenoxy) is 1. The summed E-state index contributed by atoms with van der Waals surface area (Å²) in [7, 11) is -1.25. The average molecular weight is 699 g/mol. The molecule has 0 radical (unpaired) electrons. The van der Waals surface area contributed by atoms with Gasteiger partial charge < -0.3 is 29.6 Å². The number of allylic oxidation sites excluding steroid dienone is 2. The second kappa shape index (κ2) is 13.2. The molecule has 2 amide bonds. The first-order valence-electron chi connectivity index (χ1n) is 14.7. The zero-order chi connectivity index (χ0) is 31.0. The molecular formula is C31H36B2INO8. The summed E-state index contributed by atoms with van der Waals surface area (Å²) in [6, 6.07) is 9.90. The first-order chi connectivity index (χ1) is 20.5. The van der Waals surface area contributed by atoms with Crippen LogP contribution in [0.2, 0.25) is 6.32 Å². The third kappa shape index (κ3) is 6.30. The van der Waals surface area contributed by atoms with Gasteiger partial charge in [-0.1, -0.05) is 42.7 Å². The fourth-order valence-corrected chi connectivity index (χ4v) is 7.60. The molecule has 0 spiro atoms. The van der Waals surface area contributed by atoms with E-state index in [4.69, 9.17) is 9.39 Å². The molecule has 2 saturated heterocycles. The lowest BCUT2D eigenvalue weighted by Crippen LogP contribution is -2.46. The molecule has 4 N–H and O–H groups in total. The van der Waals surface area contributed by atoms with Gasteiger partial charge in [0.05, 0.1) is 34.3 Å². The normalized spacial score (nSPS) is 23.9. The molecule has 43 heavy (non-hydrogen) atoms. The van der Waals surface area contributed by atoms with Gasteiger partial charge in [-0.2, -0.15) is 0 Å². The lowest BCUT2D eigenvalue weighted by Gasteiger charge is -2.42. The van der Waals surface area contributed by atoms with Crippen molar-refractivity contribution in [3.8, 4) is 11.5 Å². The van der Waals surface area contributed by atoms with Gasteiger partial charge in [-0.05, 0) is 108 Å². The van der Waals surface area contributed by atoms with Crippen LogP contribution in [0.15, 0.2) is 53.1 Å². The summed E-state index contributed by atoms with van der Waals surface area (Å²) >= 11 is 2.08. The second-order valence-corrected chi connectivity index (χ2v) is 12.8. The lowest BCUT2D eigenvalue weighted by atomic mass is 9.58. The highest BCUT2D eigenvalue weighted by Gasteiger charge is 2.57. The van der Waals surface area contributed by atoms with Gasteiger partial charge in [0.15, 0.2) is 11.5 Å². The van der Waals surface area contributed by atoms with Crippen LogP contribution in [0.3, 0.4) is 0 Å². The highest BCUT2D eigenvalue weighted by atomic mass is 127. The van der Waals surface area contributed by atoms with Crippen LogP contribution in [0.1, 0.15) is 51.5 Å². The lowest BCUT2D eigenvalue weighted by molar-refractivity contribution is -0.122. The molecule has 5 rings (SSSR count). The van der Waals surface area contributed by atoms with Gasteiger partial charge in [-0.25, -0.2) is 0 Å². The number of carbonyl (C=O) groups is 2. The van der Waals surface area contributed by atoms with Crippen molar-refractivity contribution in [2.45, 2.75) is 58.4 Å². The number of imide groups is 1. The third-order valence-electron chi connectivity index (χ3n) is 8.82. The Kier molecular flexibility index (Phi) is 9.72. The SMILES string of the molecule is CCC/C(=C\c1cc(I)c(O)c(OC)c1)CC[C@H]1OB(O)C[C@H]2C1=C(C)C[C@H]1C(=O)N(c3cccc(B(O)O)c3)C(=O)[C@H]12. The third-order valence-corrected chi connectivity index (χ3v) is 9.64. The number of fused-ring (bicyclic) bond motifs is 3. The van der Waals surface area contributed by atoms with Crippen LogP contribution >= 0.6 is 22.6 Å². The molecule has 2 aliphatic heterocycles. The zero-order valence-electron chi connectivity index (χ0n) is 24.5. The number of phenols is 1. The molecule has 9 nitrogen and oxygen atoms in total. The number of halogens is 1. The fraction of sp³-hybridized carbons (Fsp3) is 0.419. The summed E-state index contributed by atoms with van der Waals surface area (Å²) in [5.74, 6) is -1.60. The number of methoxy groups -OCH3 is 1. The molecular weight excluding hydrogens is 663 g/mol. The summed E-state index contributed by atoms with van der Waals surface area (Å²) in [6.45, 7) is 4.11. The number of nitrogens with zero attached hydrogens (tertiary/aromatic N) is 1. The van der Waals surface area contributed by atoms with Crippen LogP contribution in [0.4, 0.5) is 5.69 Å². The van der Waals surface area contributed by atoms with Crippen molar-refractivity contribution in [1.82, 2.24) is 0 Å². The maximum absolute atomic E-state index is 13.9. The zero-order valence-corrected chi connectivity index (χ0v) is 26.7. The van der Waals surface area contributed by atoms with Crippen LogP contribution in [0.5, 0.6) is 11.5 Å². The number of aromatic hydroxyl groups is 1. The molecule has 2 aromatic rings. The maximum atomic E-state index is 13.9. The van der Waals surface area contributed by atoms with Crippen molar-refractivity contribution in [3.63, 3.8) is 0 Å². The van der Waals surface area contributed by atoms with Crippen LogP contribution in [0, 0.1) is 21.3 Å². The second-order valence-electron chi connectivity index (χ2n) is 11.6. The van der Waals surface area contributed by atoms with Crippen molar-refractivity contribution in [2.75, 3.05) is 12.0 Å². The molecule has 0 saturated carbocycles. The van der Waals surface area contributed by atoms with Crippen LogP contribution in [-0.4, -0.2) is 59.4 Å². The van der Waals surface area contributed by atoms with E-state index in [0.717, 1.165) is 29.6 Å². The molecule has 4 atom stereocenters. The number of hydrogen-bond donors (Lipinski definition) is 4. The molecule has 226 valence electrons. The van der Waals surface area contributed by atoms with Crippen molar-refractivity contribution < 1.29 is 39.2 Å². The van der Waals surface area contributed by atoms with E-state index in [1.165, 1.54) is 29.7 Å². The van der Waals surface area contributed by atoms with Crippen molar-refractivity contribution in [2.24, 2.45) is 17.8 Å². The predicted molar refractivity (Wildman–Crippen MR) is 174 cm³/mol. The minimum Gasteiger partial charge on any atom is -0.504 e. The van der Waals surface area contributed by atoms with Gasteiger partial charge in [0, 0.05) is 0 Å². The Hall–Kier alpha value is -2.64. The molecule has 0 bridgehead atoms. The summed E-state index contributed by atoms with van der Waals surface area (Å²) in [5.41, 5.74) is 4.65. The quantitative estimate of drug-likeness (QED) is 0.135. The van der Waals surface area contributed by atoms with E-state index in [1.807, 2.05) is 19.1 Å². The summed E-state index contributed by atoms with van der Waals surface area (Å²) in [6.07, 6.45) is 5.50. The molecule has 2 fully saturated rings. The van der Waals surface area contributed by atoms with E-state index < -0.39 is 32.2 Å². The number of carbonyl (C=O) groups excluding carboxylic acids is 2. The van der Waals surface area contributed by atoms with Crippen LogP contribution in [0.25, 0.3) is 6.08 Å². The van der Waals surface area contributed by atoms with Crippen LogP contribution < -0.4 is 15.1 Å². The molecule has 0 aromatic heterocycles. The van der Waals surface area contributed by atoms with E-state index >= 15 is 0 Å². The fourth-order valence-electron chi connectivity index (χ4n) is 6.97. The van der Waals surface area contributed by atoms with E-state index in [2.05, 4.69) is 35.6 Å². The van der Waals surface area contributed by atoms with Gasteiger partial charge in [-0.15, -0.1) is 0 Å². The van der Waals surface area contributed by atoms with Gasteiger partial charge in [0.25, 0.3) is 0 Å². The Bertz CT molecular complexity index is 1480. The topological polar surface area (TPSA) is 137 Å². The number of phenolic OH excluding ortho intramolecular Hbond substituents is 1. The standard InChI is InChI=1S/C31H36B2INO8/c1-4-6-18(12-19-13-24(34)29(36)26(14-19)42-3)9-10-25-27-17(2)11-22-28(23(27)16-32(39)43-25)31(38)35(30(22)37)21-8-5-7-20(15-21)33(40)41/h5,7-8,12-15,22-23,25,28,36,39-41H,4,6,9-11,16H2,1-3H3/b18-12+/t22-,23+,25-,28-/m1/s1. The minimum atomic E-state index is -1.72. The highest BCUT2D eigenvalue weighted by molar-refractivity contribution is 14.1. The maximum Gasteiger partial charge on any atom is 0.488 e. The van der Waals surface area contributed by atoms with Gasteiger partial charge in [0.2, 0.25) is 11.8 Å². The first kappa shape index (κ1) is 31.8. The van der Waals surface area contributed by atoms with Gasteiger partial charge in [0.1, 0.15) is 0 Å². The first-order valence-corrected chi connectivity index (χ1v) is 15.7. The van der Waals surface area contributed by atoms with E-state index in [-0.39, 0.29) is 35.3 Å². The Morgan fingerprint density at radius 1 is 1.19 bits per heavy atom. The number of amides is 2. The Morgan fingerprint density at radius 3 is 2.65 bits per heavy atom. The summed E-state index contributed by atoms with van der Waals surface area (Å²) in [4.78, 5) is 28.6. The number of benzene rings is 2. The summed E-state index contributed by atoms with van der Waals surface area (Å²) in [5, 5.41) is 40.3. The summed E-state index contributed by atoms with van der Waals surface area (Å²) < 4.78 is 12.1. The molecule has 2 aromatic carbocycles. The van der Waals surface area contributed by atoms with Gasteiger partial charge in [-0.3, -0.25) is 14.5 Å². The van der Waals surface area contributed by atoms with E-state index in [1.54, 1.807) is 12.1 Å². The number of hydrogen-bond acceptors (Lipinski definition) is 8. The Balaban J connectivity index is 1.40. The molecule has 2 heterocycles. The molecule has 0 unspecified atom stereocenters. The minimum absolute atomic E-state index is 0.114. The number of rotatable bonds is 9. The van der Waals surface area contributed by atoms with Gasteiger partial charge >= 0.3 is 14.2 Å². The molecule has 1 aliphatic carbocycles. The number of anilines is 1. The average Bonchev–Trinajstić information content (AvgIpc) is 3.22. The largest absolute Gasteiger partial charge is 0.504 e. The van der Waals surface area contributed by atoms with Crippen molar-refractivity contribution in [1.29, 1.82) is 0 Å². The highest BCUT2D eigenvalue weighted by Crippen LogP contribution is 2.51. The Morgan fingerprint density at radius 2 is 1.95 bits per heavy atom. The molecule has 12 heteroatoms. The van der Waals surface area contributed by atoms with Crippen molar-refractivity contribution >= 4 is 65.9 Å². The van der Waals surface area contributed by atoms with E-state index in [9.17, 15) is 29.8 Å². The predicted octanol–water partition coefficient (Wildman–Crippen LogP) is 3.67. The van der Waals surface area contributed by atoms with Crippen molar-refractivity contribution in [3.05, 3.63) is 62.3 Å². The van der Waals surface area contributed by atoms with E-state index in [0.29, 0.717) is 34.3 Å². The molecule has 3 aliphatic rings.